The van der Waals surface area contributed by atoms with E-state index in [1.54, 1.807) is 24.3 Å². The number of fused-ring (bicyclic) bond motifs is 1. The molecule has 4 nitrogen and oxygen atoms in total. The van der Waals surface area contributed by atoms with Gasteiger partial charge in [-0.1, -0.05) is 17.7 Å². The molecule has 0 saturated carbocycles. The van der Waals surface area contributed by atoms with Crippen LogP contribution in [0.2, 0.25) is 5.02 Å². The molecule has 0 amide bonds. The van der Waals surface area contributed by atoms with Gasteiger partial charge in [0.15, 0.2) is 5.43 Å². The van der Waals surface area contributed by atoms with Crippen LogP contribution in [-0.2, 0) is 12.7 Å². The summed E-state index contributed by atoms with van der Waals surface area (Å²) in [7, 11) is 0. The highest BCUT2D eigenvalue weighted by Gasteiger charge is 2.31. The highest BCUT2D eigenvalue weighted by atomic mass is 35.5. The van der Waals surface area contributed by atoms with Gasteiger partial charge in [-0.25, -0.2) is 0 Å². The van der Waals surface area contributed by atoms with Crippen molar-refractivity contribution in [2.24, 2.45) is 0 Å². The van der Waals surface area contributed by atoms with Gasteiger partial charge < -0.3 is 9.32 Å². The van der Waals surface area contributed by atoms with Crippen LogP contribution in [0.5, 0.6) is 0 Å². The third kappa shape index (κ3) is 4.26. The molecular formula is C21H18ClF3N2O2. The third-order valence-electron chi connectivity index (χ3n) is 5.11. The van der Waals surface area contributed by atoms with Gasteiger partial charge in [-0.2, -0.15) is 13.2 Å². The molecule has 0 N–H and O–H groups in total. The van der Waals surface area contributed by atoms with Crippen molar-refractivity contribution in [3.63, 3.8) is 0 Å². The van der Waals surface area contributed by atoms with Crippen LogP contribution in [0.15, 0.2) is 57.9 Å². The molecule has 2 heterocycles. The Bertz CT molecular complexity index is 1090. The van der Waals surface area contributed by atoms with E-state index in [0.29, 0.717) is 60.0 Å². The molecule has 1 fully saturated rings. The van der Waals surface area contributed by atoms with Crippen molar-refractivity contribution in [2.45, 2.75) is 12.7 Å². The molecule has 2 aromatic carbocycles. The molecule has 8 heteroatoms. The maximum absolute atomic E-state index is 12.9. The fraction of sp³-hybridized carbons (Fsp3) is 0.286. The Labute approximate surface area is 170 Å². The minimum atomic E-state index is -4.36. The van der Waals surface area contributed by atoms with E-state index in [0.717, 1.165) is 6.07 Å². The summed E-state index contributed by atoms with van der Waals surface area (Å²) in [6.45, 7) is 2.83. The first kappa shape index (κ1) is 19.8. The number of hydrogen-bond acceptors (Lipinski definition) is 4. The van der Waals surface area contributed by atoms with E-state index in [1.807, 2.05) is 4.90 Å². The van der Waals surface area contributed by atoms with E-state index in [-0.39, 0.29) is 5.43 Å². The highest BCUT2D eigenvalue weighted by molar-refractivity contribution is 6.31. The topological polar surface area (TPSA) is 36.7 Å². The quantitative estimate of drug-likeness (QED) is 0.608. The van der Waals surface area contributed by atoms with Crippen LogP contribution in [0.1, 0.15) is 11.1 Å². The Kier molecular flexibility index (Phi) is 5.27. The van der Waals surface area contributed by atoms with Crippen molar-refractivity contribution >= 4 is 28.3 Å². The molecule has 1 aliphatic heterocycles. The largest absolute Gasteiger partial charge is 0.464 e. The van der Waals surface area contributed by atoms with E-state index in [9.17, 15) is 18.0 Å². The van der Waals surface area contributed by atoms with E-state index >= 15 is 0 Å². The normalized spacial score (nSPS) is 15.8. The molecule has 0 unspecified atom stereocenters. The molecule has 152 valence electrons. The second-order valence-corrected chi connectivity index (χ2v) is 7.48. The van der Waals surface area contributed by atoms with Gasteiger partial charge in [-0.15, -0.1) is 0 Å². The lowest BCUT2D eigenvalue weighted by Crippen LogP contribution is -2.46. The van der Waals surface area contributed by atoms with E-state index < -0.39 is 11.7 Å². The first-order chi connectivity index (χ1) is 13.8. The summed E-state index contributed by atoms with van der Waals surface area (Å²) >= 11 is 5.98. The number of anilines is 1. The van der Waals surface area contributed by atoms with Crippen LogP contribution in [0.3, 0.4) is 0 Å². The van der Waals surface area contributed by atoms with Crippen LogP contribution in [-0.4, -0.2) is 31.1 Å². The summed E-state index contributed by atoms with van der Waals surface area (Å²) in [5, 5.41) is 0.911. The zero-order valence-corrected chi connectivity index (χ0v) is 16.1. The molecule has 0 spiro atoms. The molecule has 4 rings (SSSR count). The predicted octanol–water partition coefficient (Wildman–Crippen LogP) is 4.79. The van der Waals surface area contributed by atoms with Gasteiger partial charge in [0, 0.05) is 49.0 Å². The summed E-state index contributed by atoms with van der Waals surface area (Å²) in [4.78, 5) is 16.7. The monoisotopic (exact) mass is 422 g/mol. The smallest absolute Gasteiger partial charge is 0.416 e. The summed E-state index contributed by atoms with van der Waals surface area (Å²) in [5.41, 5.74) is 0.808. The SMILES string of the molecule is O=c1c(CN2CCN(c3cccc(C(F)(F)F)c3)CC2)coc2ccc(Cl)cc12. The summed E-state index contributed by atoms with van der Waals surface area (Å²) < 4.78 is 44.4. The van der Waals surface area contributed by atoms with Crippen molar-refractivity contribution in [3.05, 3.63) is 75.1 Å². The Morgan fingerprint density at radius 1 is 1.03 bits per heavy atom. The van der Waals surface area contributed by atoms with Crippen molar-refractivity contribution in [1.82, 2.24) is 4.90 Å². The fourth-order valence-electron chi connectivity index (χ4n) is 3.54. The first-order valence-corrected chi connectivity index (χ1v) is 9.53. The standard InChI is InChI=1S/C21H18ClF3N2O2/c22-16-4-5-19-18(11-16)20(28)14(13-29-19)12-26-6-8-27(9-7-26)17-3-1-2-15(10-17)21(23,24)25/h1-5,10-11,13H,6-9,12H2. The lowest BCUT2D eigenvalue weighted by molar-refractivity contribution is -0.137. The number of halogens is 4. The maximum atomic E-state index is 12.9. The minimum absolute atomic E-state index is 0.117. The molecule has 0 radical (unpaired) electrons. The van der Waals surface area contributed by atoms with Crippen LogP contribution in [0.25, 0.3) is 11.0 Å². The van der Waals surface area contributed by atoms with Crippen LogP contribution in [0.4, 0.5) is 18.9 Å². The van der Waals surface area contributed by atoms with Crippen molar-refractivity contribution in [1.29, 1.82) is 0 Å². The zero-order valence-electron chi connectivity index (χ0n) is 15.4. The number of benzene rings is 2. The van der Waals surface area contributed by atoms with E-state index in [4.69, 9.17) is 16.0 Å². The highest BCUT2D eigenvalue weighted by Crippen LogP contribution is 2.32. The lowest BCUT2D eigenvalue weighted by Gasteiger charge is -2.36. The molecular weight excluding hydrogens is 405 g/mol. The van der Waals surface area contributed by atoms with Gasteiger partial charge in [-0.05, 0) is 36.4 Å². The van der Waals surface area contributed by atoms with Crippen LogP contribution in [0, 0.1) is 0 Å². The third-order valence-corrected chi connectivity index (χ3v) is 5.35. The average Bonchev–Trinajstić information content (AvgIpc) is 2.70. The number of nitrogens with zero attached hydrogens (tertiary/aromatic N) is 2. The van der Waals surface area contributed by atoms with Crippen molar-refractivity contribution in [2.75, 3.05) is 31.1 Å². The average molecular weight is 423 g/mol. The molecule has 0 bridgehead atoms. The Morgan fingerprint density at radius 3 is 2.52 bits per heavy atom. The van der Waals surface area contributed by atoms with E-state index in [1.165, 1.54) is 18.4 Å². The van der Waals surface area contributed by atoms with Gasteiger partial charge >= 0.3 is 6.18 Å². The second kappa shape index (κ2) is 7.72. The van der Waals surface area contributed by atoms with Crippen LogP contribution >= 0.6 is 11.6 Å². The molecule has 0 atom stereocenters. The Hall–Kier alpha value is -2.51. The van der Waals surface area contributed by atoms with E-state index in [2.05, 4.69) is 4.90 Å². The maximum Gasteiger partial charge on any atom is 0.416 e. The summed E-state index contributed by atoms with van der Waals surface area (Å²) in [5.74, 6) is 0. The molecule has 3 aromatic rings. The summed E-state index contributed by atoms with van der Waals surface area (Å²) in [6, 6.07) is 10.3. The molecule has 1 aromatic heterocycles. The fourth-order valence-corrected chi connectivity index (χ4v) is 3.71. The summed E-state index contributed by atoms with van der Waals surface area (Å²) in [6.07, 6.45) is -2.89. The number of alkyl halides is 3. The van der Waals surface area contributed by atoms with Crippen LogP contribution < -0.4 is 10.3 Å². The number of hydrogen-bond donors (Lipinski definition) is 0. The van der Waals surface area contributed by atoms with Gasteiger partial charge in [0.05, 0.1) is 17.2 Å². The Balaban J connectivity index is 1.45. The molecule has 1 aliphatic rings. The number of rotatable bonds is 3. The van der Waals surface area contributed by atoms with Gasteiger partial charge in [0.25, 0.3) is 0 Å². The second-order valence-electron chi connectivity index (χ2n) is 7.04. The van der Waals surface area contributed by atoms with Crippen molar-refractivity contribution in [3.8, 4) is 0 Å². The van der Waals surface area contributed by atoms with Gasteiger partial charge in [0.1, 0.15) is 5.58 Å². The molecule has 1 saturated heterocycles. The Morgan fingerprint density at radius 2 is 1.79 bits per heavy atom. The minimum Gasteiger partial charge on any atom is -0.464 e. The van der Waals surface area contributed by atoms with Gasteiger partial charge in [-0.3, -0.25) is 9.69 Å². The molecule has 0 aliphatic carbocycles. The zero-order chi connectivity index (χ0) is 20.6. The molecule has 29 heavy (non-hydrogen) atoms. The van der Waals surface area contributed by atoms with Gasteiger partial charge in [0.2, 0.25) is 0 Å². The van der Waals surface area contributed by atoms with Crippen molar-refractivity contribution < 1.29 is 17.6 Å². The predicted molar refractivity (Wildman–Crippen MR) is 106 cm³/mol. The first-order valence-electron chi connectivity index (χ1n) is 9.16. The lowest BCUT2D eigenvalue weighted by atomic mass is 10.1. The number of piperazine rings is 1.